The summed E-state index contributed by atoms with van der Waals surface area (Å²) in [5, 5.41) is 0. The molecule has 0 aromatic rings. The molecular weight excluding hydrogens is 212 g/mol. The van der Waals surface area contributed by atoms with Crippen LogP contribution in [0.1, 0.15) is 59.3 Å². The molecule has 0 aromatic carbocycles. The molecule has 0 aliphatic heterocycles. The molecule has 0 atom stereocenters. The fraction of sp³-hybridized carbons (Fsp3) is 1.00. The maximum absolute atomic E-state index is 5.47. The van der Waals surface area contributed by atoms with E-state index in [9.17, 15) is 0 Å². The molecule has 0 saturated carbocycles. The van der Waals surface area contributed by atoms with Crippen molar-refractivity contribution in [2.24, 2.45) is 11.3 Å². The first kappa shape index (κ1) is 16.9. The second kappa shape index (κ2) is 9.90. The van der Waals surface area contributed by atoms with Gasteiger partial charge in [0, 0.05) is 19.6 Å². The van der Waals surface area contributed by atoms with Gasteiger partial charge in [-0.1, -0.05) is 46.5 Å². The molecule has 0 N–H and O–H groups in total. The van der Waals surface area contributed by atoms with Gasteiger partial charge in [-0.2, -0.15) is 0 Å². The smallest absolute Gasteiger partial charge is 0.0540 e. The van der Waals surface area contributed by atoms with E-state index in [1.807, 2.05) is 14.2 Å². The van der Waals surface area contributed by atoms with E-state index in [-0.39, 0.29) is 5.41 Å². The van der Waals surface area contributed by atoms with E-state index in [4.69, 9.17) is 9.47 Å². The van der Waals surface area contributed by atoms with Crippen molar-refractivity contribution >= 4 is 0 Å². The van der Waals surface area contributed by atoms with Crippen molar-refractivity contribution in [3.63, 3.8) is 0 Å². The number of methoxy groups -OCH3 is 2. The van der Waals surface area contributed by atoms with Crippen molar-refractivity contribution in [1.82, 2.24) is 0 Å². The lowest BCUT2D eigenvalue weighted by atomic mass is 9.75. The molecule has 0 aliphatic carbocycles. The van der Waals surface area contributed by atoms with E-state index in [1.54, 1.807) is 0 Å². The fourth-order valence-corrected chi connectivity index (χ4v) is 2.76. The Bertz CT molecular complexity index is 158. The molecule has 0 amide bonds. The average Bonchev–Trinajstić information content (AvgIpc) is 2.34. The van der Waals surface area contributed by atoms with Gasteiger partial charge >= 0.3 is 0 Å². The Morgan fingerprint density at radius 3 is 1.82 bits per heavy atom. The quantitative estimate of drug-likeness (QED) is 0.540. The SMILES string of the molecule is CCCCC(COC)(COC)CC(CC)CC. The summed E-state index contributed by atoms with van der Waals surface area (Å²) in [6.07, 6.45) is 7.50. The summed E-state index contributed by atoms with van der Waals surface area (Å²) in [5.74, 6) is 0.803. The van der Waals surface area contributed by atoms with Crippen LogP contribution in [0.15, 0.2) is 0 Å². The lowest BCUT2D eigenvalue weighted by molar-refractivity contribution is -0.0136. The molecule has 0 aromatic heterocycles. The van der Waals surface area contributed by atoms with Crippen molar-refractivity contribution in [2.45, 2.75) is 59.3 Å². The van der Waals surface area contributed by atoms with Crippen LogP contribution in [0.25, 0.3) is 0 Å². The molecule has 17 heavy (non-hydrogen) atoms. The van der Waals surface area contributed by atoms with E-state index in [0.717, 1.165) is 19.1 Å². The van der Waals surface area contributed by atoms with Gasteiger partial charge in [0.15, 0.2) is 0 Å². The van der Waals surface area contributed by atoms with Crippen molar-refractivity contribution in [3.8, 4) is 0 Å². The third-order valence-electron chi connectivity index (χ3n) is 3.84. The standard InChI is InChI=1S/C15H32O2/c1-6-9-10-15(12-16-4,13-17-5)11-14(7-2)8-3/h14H,6-13H2,1-5H3. The Morgan fingerprint density at radius 1 is 0.941 bits per heavy atom. The van der Waals surface area contributed by atoms with Crippen LogP contribution < -0.4 is 0 Å². The van der Waals surface area contributed by atoms with Crippen LogP contribution in [0.3, 0.4) is 0 Å². The predicted octanol–water partition coefficient (Wildman–Crippen LogP) is 4.28. The number of ether oxygens (including phenoxy) is 2. The van der Waals surface area contributed by atoms with E-state index < -0.39 is 0 Å². The molecule has 0 aliphatic rings. The van der Waals surface area contributed by atoms with Crippen LogP contribution in [0.5, 0.6) is 0 Å². The fourth-order valence-electron chi connectivity index (χ4n) is 2.76. The highest BCUT2D eigenvalue weighted by Gasteiger charge is 2.31. The largest absolute Gasteiger partial charge is 0.384 e. The highest BCUT2D eigenvalue weighted by molar-refractivity contribution is 4.81. The first-order valence-electron chi connectivity index (χ1n) is 7.15. The van der Waals surface area contributed by atoms with Gasteiger partial charge in [0.2, 0.25) is 0 Å². The van der Waals surface area contributed by atoms with Gasteiger partial charge in [0.25, 0.3) is 0 Å². The molecule has 0 spiro atoms. The Morgan fingerprint density at radius 2 is 1.47 bits per heavy atom. The minimum Gasteiger partial charge on any atom is -0.384 e. The van der Waals surface area contributed by atoms with Gasteiger partial charge in [0.1, 0.15) is 0 Å². The Balaban J connectivity index is 4.60. The van der Waals surface area contributed by atoms with Crippen molar-refractivity contribution in [3.05, 3.63) is 0 Å². The molecule has 0 saturated heterocycles. The van der Waals surface area contributed by atoms with Crippen LogP contribution >= 0.6 is 0 Å². The van der Waals surface area contributed by atoms with E-state index >= 15 is 0 Å². The highest BCUT2D eigenvalue weighted by Crippen LogP contribution is 2.35. The molecule has 0 heterocycles. The number of hydrogen-bond acceptors (Lipinski definition) is 2. The van der Waals surface area contributed by atoms with Crippen LogP contribution in [0.2, 0.25) is 0 Å². The molecule has 0 bridgehead atoms. The molecule has 104 valence electrons. The van der Waals surface area contributed by atoms with E-state index in [2.05, 4.69) is 20.8 Å². The van der Waals surface area contributed by atoms with Crippen molar-refractivity contribution in [1.29, 1.82) is 0 Å². The first-order chi connectivity index (χ1) is 8.17. The van der Waals surface area contributed by atoms with Gasteiger partial charge in [-0.15, -0.1) is 0 Å². The Labute approximate surface area is 108 Å². The summed E-state index contributed by atoms with van der Waals surface area (Å²) in [7, 11) is 3.62. The summed E-state index contributed by atoms with van der Waals surface area (Å²) >= 11 is 0. The number of rotatable bonds is 11. The first-order valence-corrected chi connectivity index (χ1v) is 7.15. The van der Waals surface area contributed by atoms with Crippen LogP contribution in [-0.2, 0) is 9.47 Å². The Hall–Kier alpha value is -0.0800. The van der Waals surface area contributed by atoms with E-state index in [0.29, 0.717) is 0 Å². The van der Waals surface area contributed by atoms with Crippen molar-refractivity contribution in [2.75, 3.05) is 27.4 Å². The monoisotopic (exact) mass is 244 g/mol. The summed E-state index contributed by atoms with van der Waals surface area (Å²) < 4.78 is 10.9. The van der Waals surface area contributed by atoms with Gasteiger partial charge in [0.05, 0.1) is 13.2 Å². The summed E-state index contributed by atoms with van der Waals surface area (Å²) in [6.45, 7) is 8.49. The van der Waals surface area contributed by atoms with E-state index in [1.165, 1.54) is 38.5 Å². The molecule has 2 nitrogen and oxygen atoms in total. The molecule has 0 fully saturated rings. The number of hydrogen-bond donors (Lipinski definition) is 0. The van der Waals surface area contributed by atoms with Gasteiger partial charge in [-0.3, -0.25) is 0 Å². The normalized spacial score (nSPS) is 12.4. The molecular formula is C15H32O2. The predicted molar refractivity (Wildman–Crippen MR) is 74.4 cm³/mol. The number of unbranched alkanes of at least 4 members (excludes halogenated alkanes) is 1. The average molecular weight is 244 g/mol. The zero-order valence-electron chi connectivity index (χ0n) is 12.6. The Kier molecular flexibility index (Phi) is 9.85. The summed E-state index contributed by atoms with van der Waals surface area (Å²) in [4.78, 5) is 0. The lowest BCUT2D eigenvalue weighted by Gasteiger charge is -2.35. The van der Waals surface area contributed by atoms with Gasteiger partial charge in [-0.25, -0.2) is 0 Å². The molecule has 0 radical (unpaired) electrons. The van der Waals surface area contributed by atoms with Crippen molar-refractivity contribution < 1.29 is 9.47 Å². The topological polar surface area (TPSA) is 18.5 Å². The van der Waals surface area contributed by atoms with Gasteiger partial charge in [-0.05, 0) is 18.8 Å². The van der Waals surface area contributed by atoms with Crippen LogP contribution in [0.4, 0.5) is 0 Å². The third kappa shape index (κ3) is 6.42. The summed E-state index contributed by atoms with van der Waals surface area (Å²) in [5.41, 5.74) is 0.232. The maximum atomic E-state index is 5.47. The molecule has 0 rings (SSSR count). The highest BCUT2D eigenvalue weighted by atomic mass is 16.5. The van der Waals surface area contributed by atoms with Crippen LogP contribution in [0, 0.1) is 11.3 Å². The maximum Gasteiger partial charge on any atom is 0.0540 e. The van der Waals surface area contributed by atoms with Crippen LogP contribution in [-0.4, -0.2) is 27.4 Å². The zero-order valence-corrected chi connectivity index (χ0v) is 12.6. The third-order valence-corrected chi connectivity index (χ3v) is 3.84. The minimum absolute atomic E-state index is 0.232. The molecule has 2 heteroatoms. The molecule has 0 unspecified atom stereocenters. The second-order valence-corrected chi connectivity index (χ2v) is 5.36. The second-order valence-electron chi connectivity index (χ2n) is 5.36. The minimum atomic E-state index is 0.232. The summed E-state index contributed by atoms with van der Waals surface area (Å²) in [6, 6.07) is 0. The lowest BCUT2D eigenvalue weighted by Crippen LogP contribution is -2.34. The van der Waals surface area contributed by atoms with Gasteiger partial charge < -0.3 is 9.47 Å². The zero-order chi connectivity index (χ0) is 13.1.